The van der Waals surface area contributed by atoms with Crippen molar-refractivity contribution in [3.05, 3.63) is 35.9 Å². The zero-order valence-electron chi connectivity index (χ0n) is 13.8. The van der Waals surface area contributed by atoms with Gasteiger partial charge in [0.25, 0.3) is 0 Å². The third-order valence-corrected chi connectivity index (χ3v) is 5.92. The van der Waals surface area contributed by atoms with Crippen molar-refractivity contribution in [2.24, 2.45) is 5.41 Å². The first-order chi connectivity index (χ1) is 10.1. The minimum atomic E-state index is 0.353. The zero-order chi connectivity index (χ0) is 15.3. The molecule has 0 bridgehead atoms. The predicted octanol–water partition coefficient (Wildman–Crippen LogP) is 3.71. The SMILES string of the molecule is CCC(CC)(CS)CN1CCN(C)CC1c1ccccc1. The molecule has 0 amide bonds. The van der Waals surface area contributed by atoms with E-state index in [1.54, 1.807) is 0 Å². The Kier molecular flexibility index (Phi) is 6.15. The lowest BCUT2D eigenvalue weighted by atomic mass is 9.83. The first kappa shape index (κ1) is 16.9. The molecule has 1 aromatic carbocycles. The van der Waals surface area contributed by atoms with E-state index in [1.807, 2.05) is 0 Å². The molecule has 0 radical (unpaired) electrons. The Morgan fingerprint density at radius 3 is 2.38 bits per heavy atom. The van der Waals surface area contributed by atoms with Crippen LogP contribution in [0.1, 0.15) is 38.3 Å². The molecular weight excluding hydrogens is 276 g/mol. The van der Waals surface area contributed by atoms with E-state index in [9.17, 15) is 0 Å². The van der Waals surface area contributed by atoms with Crippen molar-refractivity contribution in [2.45, 2.75) is 32.7 Å². The molecule has 21 heavy (non-hydrogen) atoms. The minimum Gasteiger partial charge on any atom is -0.303 e. The highest BCUT2D eigenvalue weighted by Gasteiger charge is 2.33. The molecule has 1 heterocycles. The Morgan fingerprint density at radius 2 is 1.81 bits per heavy atom. The molecule has 1 aliphatic rings. The second kappa shape index (κ2) is 7.66. The second-order valence-corrected chi connectivity index (χ2v) is 6.84. The van der Waals surface area contributed by atoms with Crippen LogP contribution in [0, 0.1) is 5.41 Å². The van der Waals surface area contributed by atoms with Crippen LogP contribution in [-0.2, 0) is 0 Å². The maximum atomic E-state index is 4.66. The van der Waals surface area contributed by atoms with Crippen LogP contribution in [0.3, 0.4) is 0 Å². The van der Waals surface area contributed by atoms with Crippen LogP contribution in [0.15, 0.2) is 30.3 Å². The van der Waals surface area contributed by atoms with Gasteiger partial charge in [0.15, 0.2) is 0 Å². The van der Waals surface area contributed by atoms with Crippen LogP contribution in [0.2, 0.25) is 0 Å². The van der Waals surface area contributed by atoms with Gasteiger partial charge in [0.05, 0.1) is 0 Å². The number of thiol groups is 1. The van der Waals surface area contributed by atoms with Crippen molar-refractivity contribution in [3.63, 3.8) is 0 Å². The van der Waals surface area contributed by atoms with Crippen molar-refractivity contribution >= 4 is 12.6 Å². The molecule has 2 rings (SSSR count). The Balaban J connectivity index is 2.19. The molecule has 0 saturated carbocycles. The smallest absolute Gasteiger partial charge is 0.0475 e. The van der Waals surface area contributed by atoms with E-state index < -0.39 is 0 Å². The molecule has 0 aliphatic carbocycles. The van der Waals surface area contributed by atoms with Gasteiger partial charge in [-0.2, -0.15) is 12.6 Å². The van der Waals surface area contributed by atoms with E-state index in [2.05, 4.69) is 73.7 Å². The summed E-state index contributed by atoms with van der Waals surface area (Å²) in [5.74, 6) is 0.980. The summed E-state index contributed by atoms with van der Waals surface area (Å²) in [6.45, 7) is 9.24. The van der Waals surface area contributed by atoms with Crippen molar-refractivity contribution in [1.82, 2.24) is 9.80 Å². The summed E-state index contributed by atoms with van der Waals surface area (Å²) in [5, 5.41) is 0. The van der Waals surface area contributed by atoms with Gasteiger partial charge in [-0.3, -0.25) is 4.90 Å². The Morgan fingerprint density at radius 1 is 1.14 bits per heavy atom. The van der Waals surface area contributed by atoms with Gasteiger partial charge in [0.2, 0.25) is 0 Å². The largest absolute Gasteiger partial charge is 0.303 e. The maximum Gasteiger partial charge on any atom is 0.0475 e. The van der Waals surface area contributed by atoms with E-state index in [4.69, 9.17) is 0 Å². The van der Waals surface area contributed by atoms with Crippen molar-refractivity contribution in [2.75, 3.05) is 39.0 Å². The molecule has 0 spiro atoms. The number of hydrogen-bond donors (Lipinski definition) is 1. The predicted molar refractivity (Wildman–Crippen MR) is 95.1 cm³/mol. The van der Waals surface area contributed by atoms with E-state index >= 15 is 0 Å². The number of likely N-dealkylation sites (N-methyl/N-ethyl adjacent to an activating group) is 1. The molecular formula is C18H30N2S. The number of rotatable bonds is 6. The average Bonchev–Trinajstić information content (AvgIpc) is 2.55. The highest BCUT2D eigenvalue weighted by Crippen LogP contribution is 2.34. The fourth-order valence-corrected chi connectivity index (χ4v) is 3.86. The minimum absolute atomic E-state index is 0.353. The maximum absolute atomic E-state index is 4.66. The fraction of sp³-hybridized carbons (Fsp3) is 0.667. The van der Waals surface area contributed by atoms with E-state index in [0.717, 1.165) is 25.4 Å². The monoisotopic (exact) mass is 306 g/mol. The lowest BCUT2D eigenvalue weighted by Gasteiger charge is -2.45. The van der Waals surface area contributed by atoms with Crippen LogP contribution >= 0.6 is 12.6 Å². The molecule has 0 aromatic heterocycles. The Hall–Kier alpha value is -0.510. The molecule has 3 heteroatoms. The lowest BCUT2D eigenvalue weighted by Crippen LogP contribution is -2.50. The van der Waals surface area contributed by atoms with Gasteiger partial charge in [-0.15, -0.1) is 0 Å². The highest BCUT2D eigenvalue weighted by molar-refractivity contribution is 7.80. The quantitative estimate of drug-likeness (QED) is 0.801. The topological polar surface area (TPSA) is 6.48 Å². The molecule has 1 unspecified atom stereocenters. The van der Waals surface area contributed by atoms with Crippen LogP contribution in [0.5, 0.6) is 0 Å². The van der Waals surface area contributed by atoms with Crippen molar-refractivity contribution in [3.8, 4) is 0 Å². The summed E-state index contributed by atoms with van der Waals surface area (Å²) in [4.78, 5) is 5.15. The van der Waals surface area contributed by atoms with Gasteiger partial charge in [-0.1, -0.05) is 44.2 Å². The standard InChI is InChI=1S/C18H30N2S/c1-4-18(5-2,15-21)14-20-12-11-19(3)13-17(20)16-9-7-6-8-10-16/h6-10,17,21H,4-5,11-15H2,1-3H3. The molecule has 1 fully saturated rings. The van der Waals surface area contributed by atoms with Gasteiger partial charge in [-0.05, 0) is 36.6 Å². The number of hydrogen-bond acceptors (Lipinski definition) is 3. The Bertz CT molecular complexity index is 408. The molecule has 0 N–H and O–H groups in total. The number of nitrogens with zero attached hydrogens (tertiary/aromatic N) is 2. The van der Waals surface area contributed by atoms with Crippen LogP contribution in [0.4, 0.5) is 0 Å². The van der Waals surface area contributed by atoms with Crippen LogP contribution < -0.4 is 0 Å². The van der Waals surface area contributed by atoms with Crippen molar-refractivity contribution in [1.29, 1.82) is 0 Å². The summed E-state index contributed by atoms with van der Waals surface area (Å²) in [7, 11) is 2.23. The zero-order valence-corrected chi connectivity index (χ0v) is 14.6. The molecule has 1 aromatic rings. The first-order valence-electron chi connectivity index (χ1n) is 8.22. The normalized spacial score (nSPS) is 21.6. The van der Waals surface area contributed by atoms with Gasteiger partial charge in [0.1, 0.15) is 0 Å². The summed E-state index contributed by atoms with van der Waals surface area (Å²) >= 11 is 4.66. The summed E-state index contributed by atoms with van der Waals surface area (Å²) < 4.78 is 0. The second-order valence-electron chi connectivity index (χ2n) is 6.52. The van der Waals surface area contributed by atoms with E-state index in [0.29, 0.717) is 11.5 Å². The first-order valence-corrected chi connectivity index (χ1v) is 8.86. The Labute approximate surface area is 135 Å². The third kappa shape index (κ3) is 4.02. The van der Waals surface area contributed by atoms with Crippen molar-refractivity contribution < 1.29 is 0 Å². The van der Waals surface area contributed by atoms with Gasteiger partial charge in [-0.25, -0.2) is 0 Å². The molecule has 1 atom stereocenters. The lowest BCUT2D eigenvalue weighted by molar-refractivity contribution is 0.0497. The van der Waals surface area contributed by atoms with Crippen LogP contribution in [-0.4, -0.2) is 48.8 Å². The molecule has 1 saturated heterocycles. The molecule has 1 aliphatic heterocycles. The summed E-state index contributed by atoms with van der Waals surface area (Å²) in [5.41, 5.74) is 1.80. The summed E-state index contributed by atoms with van der Waals surface area (Å²) in [6.07, 6.45) is 2.42. The van der Waals surface area contributed by atoms with E-state index in [1.165, 1.54) is 24.9 Å². The molecule has 118 valence electrons. The summed E-state index contributed by atoms with van der Waals surface area (Å²) in [6, 6.07) is 11.5. The number of benzene rings is 1. The van der Waals surface area contributed by atoms with Gasteiger partial charge < -0.3 is 4.90 Å². The van der Waals surface area contributed by atoms with Gasteiger partial charge >= 0.3 is 0 Å². The fourth-order valence-electron chi connectivity index (χ4n) is 3.32. The molecule has 2 nitrogen and oxygen atoms in total. The average molecular weight is 307 g/mol. The van der Waals surface area contributed by atoms with Gasteiger partial charge in [0, 0.05) is 32.2 Å². The highest BCUT2D eigenvalue weighted by atomic mass is 32.1. The van der Waals surface area contributed by atoms with Crippen LogP contribution in [0.25, 0.3) is 0 Å². The number of piperazine rings is 1. The third-order valence-electron chi connectivity index (χ3n) is 5.25. The van der Waals surface area contributed by atoms with E-state index in [-0.39, 0.29) is 0 Å².